The van der Waals surface area contributed by atoms with Crippen LogP contribution in [-0.4, -0.2) is 70.7 Å². The van der Waals surface area contributed by atoms with E-state index in [1.807, 2.05) is 7.05 Å². The summed E-state index contributed by atoms with van der Waals surface area (Å²) < 4.78 is 52.6. The van der Waals surface area contributed by atoms with E-state index in [2.05, 4.69) is 30.2 Å². The zero-order valence-electron chi connectivity index (χ0n) is 28.5. The molecule has 0 unspecified atom stereocenters. The number of rotatable bonds is 13. The van der Waals surface area contributed by atoms with Crippen LogP contribution in [0, 0.1) is 5.41 Å². The summed E-state index contributed by atoms with van der Waals surface area (Å²) in [6.45, 7) is 3.29. The summed E-state index contributed by atoms with van der Waals surface area (Å²) in [6.07, 6.45) is 4.49. The average molecular weight is 694 g/mol. The van der Waals surface area contributed by atoms with Crippen molar-refractivity contribution in [2.24, 2.45) is 5.41 Å². The minimum absolute atomic E-state index is 0.00503. The number of aromatic amines is 1. The van der Waals surface area contributed by atoms with Crippen LogP contribution >= 0.6 is 0 Å². The Morgan fingerprint density at radius 3 is 2.52 bits per heavy atom. The molecule has 4 aromatic heterocycles. The Morgan fingerprint density at radius 1 is 1.08 bits per heavy atom. The van der Waals surface area contributed by atoms with Gasteiger partial charge in [0.15, 0.2) is 5.65 Å². The quantitative estimate of drug-likeness (QED) is 0.141. The lowest BCUT2D eigenvalue weighted by Gasteiger charge is -2.40. The first-order valence-electron chi connectivity index (χ1n) is 17.1. The number of methoxy groups -OCH3 is 1. The fourth-order valence-electron chi connectivity index (χ4n) is 6.82. The zero-order chi connectivity index (χ0) is 35.5. The number of nitrogens with one attached hydrogen (secondary N) is 2. The summed E-state index contributed by atoms with van der Waals surface area (Å²) >= 11 is 0. The Morgan fingerprint density at radius 2 is 1.86 bits per heavy atom. The topological polar surface area (TPSA) is 135 Å². The predicted molar refractivity (Wildman–Crippen MR) is 182 cm³/mol. The van der Waals surface area contributed by atoms with Crippen molar-refractivity contribution in [3.05, 3.63) is 59.2 Å². The van der Waals surface area contributed by atoms with E-state index in [1.54, 1.807) is 38.3 Å². The normalized spacial score (nSPS) is 16.0. The maximum Gasteiger partial charge on any atom is 0.433 e. The number of esters is 1. The van der Waals surface area contributed by atoms with Crippen molar-refractivity contribution in [1.29, 1.82) is 0 Å². The SMILES string of the molecule is CCOC(=O)CCc1ccc(C(=O)Nc2nc3nc(-c4cc(C5CC5)nc(C(F)(F)F)c4)cc(N(C)CC4(COC)CCCCC4)c3[nH]2)nc1. The maximum absolute atomic E-state index is 14.0. The molecule has 0 aliphatic heterocycles. The van der Waals surface area contributed by atoms with E-state index < -0.39 is 17.8 Å². The Balaban J connectivity index is 1.33. The van der Waals surface area contributed by atoms with Crippen molar-refractivity contribution in [1.82, 2.24) is 24.9 Å². The van der Waals surface area contributed by atoms with Crippen molar-refractivity contribution < 1.29 is 32.2 Å². The molecule has 0 saturated heterocycles. The van der Waals surface area contributed by atoms with Crippen LogP contribution in [0.2, 0.25) is 0 Å². The molecule has 0 spiro atoms. The van der Waals surface area contributed by atoms with Gasteiger partial charge in [-0.25, -0.2) is 9.97 Å². The molecule has 2 fully saturated rings. The van der Waals surface area contributed by atoms with Crippen LogP contribution in [0.1, 0.15) is 91.6 Å². The lowest BCUT2D eigenvalue weighted by molar-refractivity contribution is -0.143. The minimum Gasteiger partial charge on any atom is -0.466 e. The van der Waals surface area contributed by atoms with E-state index in [0.717, 1.165) is 50.2 Å². The molecule has 2 aliphatic rings. The van der Waals surface area contributed by atoms with E-state index in [9.17, 15) is 22.8 Å². The highest BCUT2D eigenvalue weighted by molar-refractivity contribution is 6.03. The highest BCUT2D eigenvalue weighted by atomic mass is 19.4. The number of nitrogens with zero attached hydrogens (tertiary/aromatic N) is 5. The Hall–Kier alpha value is -4.59. The number of imidazole rings is 1. The number of halogens is 3. The number of aryl methyl sites for hydroxylation is 1. The third-order valence-corrected chi connectivity index (χ3v) is 9.43. The van der Waals surface area contributed by atoms with Gasteiger partial charge < -0.3 is 19.4 Å². The van der Waals surface area contributed by atoms with E-state index in [4.69, 9.17) is 14.5 Å². The highest BCUT2D eigenvalue weighted by Gasteiger charge is 2.37. The van der Waals surface area contributed by atoms with Crippen LogP contribution in [0.3, 0.4) is 0 Å². The third kappa shape index (κ3) is 8.23. The molecule has 4 aromatic rings. The molecule has 2 N–H and O–H groups in total. The van der Waals surface area contributed by atoms with Crippen molar-refractivity contribution in [3.63, 3.8) is 0 Å². The van der Waals surface area contributed by atoms with E-state index >= 15 is 0 Å². The van der Waals surface area contributed by atoms with Gasteiger partial charge in [-0.3, -0.25) is 19.9 Å². The summed E-state index contributed by atoms with van der Waals surface area (Å²) in [7, 11) is 3.65. The molecule has 0 atom stereocenters. The molecule has 14 heteroatoms. The molecule has 2 aliphatic carbocycles. The highest BCUT2D eigenvalue weighted by Crippen LogP contribution is 2.43. The van der Waals surface area contributed by atoms with Gasteiger partial charge in [0, 0.05) is 55.9 Å². The number of carbonyl (C=O) groups excluding carboxylic acids is 2. The van der Waals surface area contributed by atoms with Crippen molar-refractivity contribution in [3.8, 4) is 11.3 Å². The fourth-order valence-corrected chi connectivity index (χ4v) is 6.82. The lowest BCUT2D eigenvalue weighted by atomic mass is 9.74. The molecule has 50 heavy (non-hydrogen) atoms. The molecule has 1 amide bonds. The number of hydrogen-bond acceptors (Lipinski definition) is 9. The summed E-state index contributed by atoms with van der Waals surface area (Å²) in [4.78, 5) is 47.6. The number of carbonyl (C=O) groups is 2. The maximum atomic E-state index is 14.0. The molecule has 6 rings (SSSR count). The lowest BCUT2D eigenvalue weighted by Crippen LogP contribution is -2.40. The summed E-state index contributed by atoms with van der Waals surface area (Å²) in [6, 6.07) is 7.79. The monoisotopic (exact) mass is 693 g/mol. The molecule has 0 bridgehead atoms. The van der Waals surface area contributed by atoms with E-state index in [-0.39, 0.29) is 41.0 Å². The van der Waals surface area contributed by atoms with Crippen LogP contribution in [0.4, 0.5) is 24.8 Å². The summed E-state index contributed by atoms with van der Waals surface area (Å²) in [5, 5.41) is 2.75. The van der Waals surface area contributed by atoms with Gasteiger partial charge >= 0.3 is 12.1 Å². The Bertz CT molecular complexity index is 1830. The van der Waals surface area contributed by atoms with Crippen molar-refractivity contribution in [2.45, 2.75) is 76.8 Å². The molecular formula is C36H42F3N7O4. The second-order valence-electron chi connectivity index (χ2n) is 13.4. The summed E-state index contributed by atoms with van der Waals surface area (Å²) in [5.74, 6) is -0.710. The number of amides is 1. The number of fused-ring (bicyclic) bond motifs is 1. The minimum atomic E-state index is -4.62. The second-order valence-corrected chi connectivity index (χ2v) is 13.4. The predicted octanol–water partition coefficient (Wildman–Crippen LogP) is 7.09. The molecular weight excluding hydrogens is 651 g/mol. The number of alkyl halides is 3. The number of ether oxygens (including phenoxy) is 2. The largest absolute Gasteiger partial charge is 0.466 e. The van der Waals surface area contributed by atoms with Gasteiger partial charge in [0.2, 0.25) is 5.95 Å². The fraction of sp³-hybridized carbons (Fsp3) is 0.500. The Kier molecular flexibility index (Phi) is 10.4. The average Bonchev–Trinajstić information content (AvgIpc) is 3.87. The standard InChI is InChI=1S/C36H42F3N7O4/c1-4-50-30(47)13-9-22-8-12-25(40-19-22)33(48)45-34-43-31-28(46(2)20-35(21-49-3)14-6-5-7-15-35)18-27(42-32(31)44-34)24-16-26(23-10-11-23)41-29(17-24)36(37,38)39/h8,12,16-19,23H,4-7,9-11,13-15,20-21H2,1-3H3,(H2,42,43,44,45,48). The first-order chi connectivity index (χ1) is 24.0. The number of pyridine rings is 3. The van der Waals surface area contributed by atoms with Gasteiger partial charge in [-0.15, -0.1) is 0 Å². The van der Waals surface area contributed by atoms with Crippen LogP contribution in [0.25, 0.3) is 22.4 Å². The van der Waals surface area contributed by atoms with Crippen LogP contribution < -0.4 is 10.2 Å². The van der Waals surface area contributed by atoms with Crippen LogP contribution in [0.5, 0.6) is 0 Å². The molecule has 11 nitrogen and oxygen atoms in total. The van der Waals surface area contributed by atoms with E-state index in [1.165, 1.54) is 12.6 Å². The molecule has 266 valence electrons. The number of anilines is 2. The molecule has 0 aromatic carbocycles. The van der Waals surface area contributed by atoms with Crippen LogP contribution in [0.15, 0.2) is 36.5 Å². The summed E-state index contributed by atoms with van der Waals surface area (Å²) in [5.41, 5.74) is 2.35. The van der Waals surface area contributed by atoms with Gasteiger partial charge in [0.05, 0.1) is 24.6 Å². The smallest absolute Gasteiger partial charge is 0.433 e. The zero-order valence-corrected chi connectivity index (χ0v) is 28.5. The second kappa shape index (κ2) is 14.7. The van der Waals surface area contributed by atoms with Gasteiger partial charge in [0.25, 0.3) is 5.91 Å². The van der Waals surface area contributed by atoms with E-state index in [0.29, 0.717) is 54.3 Å². The van der Waals surface area contributed by atoms with Gasteiger partial charge in [-0.1, -0.05) is 25.3 Å². The van der Waals surface area contributed by atoms with Gasteiger partial charge in [0.1, 0.15) is 16.9 Å². The van der Waals surface area contributed by atoms with Crippen molar-refractivity contribution >= 4 is 34.7 Å². The number of H-pyrrole nitrogens is 1. The van der Waals surface area contributed by atoms with Gasteiger partial charge in [-0.05, 0) is 68.9 Å². The molecule has 4 heterocycles. The number of hydrogen-bond donors (Lipinski definition) is 2. The molecule has 2 saturated carbocycles. The first-order valence-corrected chi connectivity index (χ1v) is 17.1. The van der Waals surface area contributed by atoms with Crippen molar-refractivity contribution in [2.75, 3.05) is 44.1 Å². The first kappa shape index (κ1) is 35.2. The Labute approximate surface area is 288 Å². The number of aromatic nitrogens is 5. The van der Waals surface area contributed by atoms with Gasteiger partial charge in [-0.2, -0.15) is 18.2 Å². The van der Waals surface area contributed by atoms with Crippen LogP contribution in [-0.2, 0) is 26.9 Å². The molecule has 0 radical (unpaired) electrons. The third-order valence-electron chi connectivity index (χ3n) is 9.43.